The van der Waals surface area contributed by atoms with Crippen molar-refractivity contribution in [2.45, 2.75) is 38.8 Å². The van der Waals surface area contributed by atoms with Gasteiger partial charge in [0.2, 0.25) is 5.91 Å². The van der Waals surface area contributed by atoms with Crippen molar-refractivity contribution >= 4 is 22.4 Å². The molecule has 0 saturated carbocycles. The van der Waals surface area contributed by atoms with Gasteiger partial charge in [0.1, 0.15) is 0 Å². The number of aryl methyl sites for hydroxylation is 1. The highest BCUT2D eigenvalue weighted by molar-refractivity contribution is 7.15. The van der Waals surface area contributed by atoms with Crippen LogP contribution in [0, 0.1) is 6.92 Å². The average molecular weight is 415 g/mol. The number of anilines is 1. The zero-order chi connectivity index (χ0) is 20.3. The molecule has 29 heavy (non-hydrogen) atoms. The van der Waals surface area contributed by atoms with E-state index in [0.717, 1.165) is 69.6 Å². The number of hydrogen-bond acceptors (Lipinski definition) is 6. The van der Waals surface area contributed by atoms with E-state index in [2.05, 4.69) is 46.3 Å². The van der Waals surface area contributed by atoms with E-state index in [4.69, 9.17) is 9.72 Å². The van der Waals surface area contributed by atoms with Crippen LogP contribution in [-0.2, 0) is 21.6 Å². The van der Waals surface area contributed by atoms with E-state index < -0.39 is 0 Å². The van der Waals surface area contributed by atoms with Crippen molar-refractivity contribution in [2.24, 2.45) is 0 Å². The summed E-state index contributed by atoms with van der Waals surface area (Å²) in [5, 5.41) is 4.38. The summed E-state index contributed by atoms with van der Waals surface area (Å²) in [6.45, 7) is 9.99. The van der Waals surface area contributed by atoms with E-state index in [9.17, 15) is 4.79 Å². The molecule has 0 aliphatic carbocycles. The van der Waals surface area contributed by atoms with Gasteiger partial charge in [-0.15, -0.1) is 11.3 Å². The molecule has 1 aromatic carbocycles. The fourth-order valence-electron chi connectivity index (χ4n) is 4.33. The number of rotatable bonds is 5. The lowest BCUT2D eigenvalue weighted by Crippen LogP contribution is -2.52. The predicted molar refractivity (Wildman–Crippen MR) is 116 cm³/mol. The number of nitrogens with zero attached hydrogens (tertiary/aromatic N) is 3. The first kappa shape index (κ1) is 20.3. The molecule has 1 N–H and O–H groups in total. The Hall–Kier alpha value is -1.96. The lowest BCUT2D eigenvalue weighted by atomic mass is 9.80. The SMILES string of the molecule is CC(=O)NC1(c2ccccc2)CCN(Cc2sc(N3CCOCC3)nc2C)CC1. The van der Waals surface area contributed by atoms with Crippen LogP contribution in [0.15, 0.2) is 30.3 Å². The van der Waals surface area contributed by atoms with Gasteiger partial charge >= 0.3 is 0 Å². The number of nitrogens with one attached hydrogen (secondary N) is 1. The lowest BCUT2D eigenvalue weighted by molar-refractivity contribution is -0.121. The predicted octanol–water partition coefficient (Wildman–Crippen LogP) is 2.92. The van der Waals surface area contributed by atoms with E-state index in [1.165, 1.54) is 10.4 Å². The van der Waals surface area contributed by atoms with Crippen LogP contribution in [0.5, 0.6) is 0 Å². The van der Waals surface area contributed by atoms with Crippen molar-refractivity contribution in [1.82, 2.24) is 15.2 Å². The maximum atomic E-state index is 11.9. The fraction of sp³-hybridized carbons (Fsp3) is 0.545. The molecule has 6 nitrogen and oxygen atoms in total. The molecule has 0 atom stereocenters. The van der Waals surface area contributed by atoms with Gasteiger partial charge in [-0.3, -0.25) is 9.69 Å². The van der Waals surface area contributed by atoms with E-state index in [1.807, 2.05) is 17.4 Å². The van der Waals surface area contributed by atoms with Gasteiger partial charge in [0.15, 0.2) is 5.13 Å². The van der Waals surface area contributed by atoms with Gasteiger partial charge in [-0.2, -0.15) is 0 Å². The molecule has 156 valence electrons. The van der Waals surface area contributed by atoms with Crippen LogP contribution in [0.25, 0.3) is 0 Å². The molecule has 0 radical (unpaired) electrons. The number of piperidine rings is 1. The molecular weight excluding hydrogens is 384 g/mol. The molecule has 0 spiro atoms. The summed E-state index contributed by atoms with van der Waals surface area (Å²) in [7, 11) is 0. The highest BCUT2D eigenvalue weighted by atomic mass is 32.1. The molecule has 3 heterocycles. The summed E-state index contributed by atoms with van der Waals surface area (Å²) in [4.78, 5) is 22.9. The van der Waals surface area contributed by atoms with Crippen LogP contribution in [0.4, 0.5) is 5.13 Å². The number of ether oxygens (including phenoxy) is 1. The van der Waals surface area contributed by atoms with E-state index in [-0.39, 0.29) is 11.4 Å². The van der Waals surface area contributed by atoms with Gasteiger partial charge < -0.3 is 15.0 Å². The highest BCUT2D eigenvalue weighted by Crippen LogP contribution is 2.35. The Bertz CT molecular complexity index is 825. The van der Waals surface area contributed by atoms with Crippen molar-refractivity contribution < 1.29 is 9.53 Å². The molecule has 2 aliphatic rings. The molecule has 1 aromatic heterocycles. The van der Waals surface area contributed by atoms with Crippen molar-refractivity contribution in [2.75, 3.05) is 44.3 Å². The molecule has 1 amide bonds. The van der Waals surface area contributed by atoms with Gasteiger partial charge in [-0.05, 0) is 25.3 Å². The van der Waals surface area contributed by atoms with Crippen molar-refractivity contribution in [3.8, 4) is 0 Å². The second-order valence-electron chi connectivity index (χ2n) is 8.01. The highest BCUT2D eigenvalue weighted by Gasteiger charge is 2.37. The number of carbonyl (C=O) groups is 1. The number of aromatic nitrogens is 1. The third kappa shape index (κ3) is 4.63. The molecule has 2 aromatic rings. The Labute approximate surface area is 176 Å². The summed E-state index contributed by atoms with van der Waals surface area (Å²) in [5.74, 6) is 0.0377. The Morgan fingerprint density at radius 1 is 1.17 bits per heavy atom. The molecule has 0 unspecified atom stereocenters. The van der Waals surface area contributed by atoms with Gasteiger partial charge in [-0.1, -0.05) is 30.3 Å². The summed E-state index contributed by atoms with van der Waals surface area (Å²) in [5.41, 5.74) is 2.09. The number of thiazole rings is 1. The molecule has 2 saturated heterocycles. The Morgan fingerprint density at radius 3 is 2.52 bits per heavy atom. The molecule has 2 aliphatic heterocycles. The average Bonchev–Trinajstić information content (AvgIpc) is 3.11. The van der Waals surface area contributed by atoms with Crippen molar-refractivity contribution in [3.05, 3.63) is 46.5 Å². The number of likely N-dealkylation sites (tertiary alicyclic amines) is 1. The number of hydrogen-bond donors (Lipinski definition) is 1. The molecular formula is C22H30N4O2S. The van der Waals surface area contributed by atoms with Gasteiger partial charge in [0.05, 0.1) is 24.4 Å². The Kier molecular flexibility index (Phi) is 6.18. The van der Waals surface area contributed by atoms with Crippen molar-refractivity contribution in [3.63, 3.8) is 0 Å². The summed E-state index contributed by atoms with van der Waals surface area (Å²) in [6, 6.07) is 10.4. The van der Waals surface area contributed by atoms with E-state index in [1.54, 1.807) is 6.92 Å². The monoisotopic (exact) mass is 414 g/mol. The second kappa shape index (κ2) is 8.81. The van der Waals surface area contributed by atoms with Crippen LogP contribution in [-0.4, -0.2) is 55.2 Å². The summed E-state index contributed by atoms with van der Waals surface area (Å²) < 4.78 is 5.46. The number of amides is 1. The second-order valence-corrected chi connectivity index (χ2v) is 9.07. The Balaban J connectivity index is 1.43. The standard InChI is InChI=1S/C22H30N4O2S/c1-17-20(29-21(23-17)26-12-14-28-15-13-26)16-25-10-8-22(9-11-25,24-18(2)27)19-6-4-3-5-7-19/h3-7H,8-16H2,1-2H3,(H,24,27). The topological polar surface area (TPSA) is 57.7 Å². The number of morpholine rings is 1. The van der Waals surface area contributed by atoms with Crippen molar-refractivity contribution in [1.29, 1.82) is 0 Å². The van der Waals surface area contributed by atoms with Gasteiger partial charge in [-0.25, -0.2) is 4.98 Å². The van der Waals surface area contributed by atoms with E-state index >= 15 is 0 Å². The molecule has 7 heteroatoms. The third-order valence-corrected chi connectivity index (χ3v) is 7.18. The zero-order valence-electron chi connectivity index (χ0n) is 17.3. The fourth-order valence-corrected chi connectivity index (χ4v) is 5.48. The smallest absolute Gasteiger partial charge is 0.217 e. The first-order chi connectivity index (χ1) is 14.1. The normalized spacial score (nSPS) is 19.9. The zero-order valence-corrected chi connectivity index (χ0v) is 18.1. The quantitative estimate of drug-likeness (QED) is 0.815. The van der Waals surface area contributed by atoms with Crippen LogP contribution in [0.3, 0.4) is 0 Å². The molecule has 0 bridgehead atoms. The summed E-state index contributed by atoms with van der Waals surface area (Å²) >= 11 is 1.81. The van der Waals surface area contributed by atoms with Gasteiger partial charge in [0.25, 0.3) is 0 Å². The first-order valence-corrected chi connectivity index (χ1v) is 11.2. The maximum absolute atomic E-state index is 11.9. The first-order valence-electron chi connectivity index (χ1n) is 10.4. The molecule has 4 rings (SSSR count). The Morgan fingerprint density at radius 2 is 1.86 bits per heavy atom. The minimum absolute atomic E-state index is 0.0377. The minimum atomic E-state index is -0.259. The maximum Gasteiger partial charge on any atom is 0.217 e. The number of carbonyl (C=O) groups excluding carboxylic acids is 1. The van der Waals surface area contributed by atoms with Gasteiger partial charge in [0, 0.05) is 44.5 Å². The number of benzene rings is 1. The largest absolute Gasteiger partial charge is 0.378 e. The lowest BCUT2D eigenvalue weighted by Gasteiger charge is -2.42. The van der Waals surface area contributed by atoms with Crippen LogP contribution >= 0.6 is 11.3 Å². The van der Waals surface area contributed by atoms with Crippen LogP contribution in [0.1, 0.15) is 35.9 Å². The third-order valence-electron chi connectivity index (χ3n) is 5.98. The van der Waals surface area contributed by atoms with Crippen LogP contribution < -0.4 is 10.2 Å². The minimum Gasteiger partial charge on any atom is -0.378 e. The van der Waals surface area contributed by atoms with E-state index in [0.29, 0.717) is 0 Å². The van der Waals surface area contributed by atoms with Crippen LogP contribution in [0.2, 0.25) is 0 Å². The summed E-state index contributed by atoms with van der Waals surface area (Å²) in [6.07, 6.45) is 1.84. The molecule has 2 fully saturated rings.